The molecule has 3 aliphatic carbocycles. The van der Waals surface area contributed by atoms with Gasteiger partial charge in [-0.25, -0.2) is 0 Å². The van der Waals surface area contributed by atoms with Crippen LogP contribution in [0.5, 0.6) is 0 Å². The Balaban J connectivity index is 1.34. The number of nitrogens with zero attached hydrogens (tertiary/aromatic N) is 2. The van der Waals surface area contributed by atoms with Crippen LogP contribution >= 0.6 is 0 Å². The number of carbonyl (C=O) groups excluding carboxylic acids is 2. The standard InChI is InChI=1S/C24H37N3O5/c1-26(2)11-12-27-23(28)17-18(24(27)29)21-22(32-16-10-6-5-9-15(16)31-21)19-20(17)30-14-8-4-3-7-13(14)25-19/h13-22,25H,3-12H2,1-2H3. The lowest BCUT2D eigenvalue weighted by Gasteiger charge is -2.57. The third-order valence-corrected chi connectivity index (χ3v) is 8.75. The van der Waals surface area contributed by atoms with Crippen molar-refractivity contribution in [3.63, 3.8) is 0 Å². The molecular weight excluding hydrogens is 410 g/mol. The molecule has 6 rings (SSSR count). The molecule has 1 N–H and O–H groups in total. The molecule has 0 radical (unpaired) electrons. The molecule has 0 aromatic heterocycles. The molecule has 3 saturated heterocycles. The highest BCUT2D eigenvalue weighted by atomic mass is 16.6. The molecule has 0 aromatic rings. The molecule has 178 valence electrons. The summed E-state index contributed by atoms with van der Waals surface area (Å²) < 4.78 is 20.0. The minimum Gasteiger partial charge on any atom is -0.371 e. The van der Waals surface area contributed by atoms with Crippen molar-refractivity contribution in [3.05, 3.63) is 0 Å². The van der Waals surface area contributed by atoms with E-state index in [0.29, 0.717) is 19.1 Å². The summed E-state index contributed by atoms with van der Waals surface area (Å²) in [4.78, 5) is 30.7. The zero-order valence-corrected chi connectivity index (χ0v) is 19.3. The highest BCUT2D eigenvalue weighted by Crippen LogP contribution is 2.48. The molecule has 3 saturated carbocycles. The van der Waals surface area contributed by atoms with Crippen LogP contribution < -0.4 is 5.32 Å². The second-order valence-electron chi connectivity index (χ2n) is 11.0. The number of likely N-dealkylation sites (tertiary alicyclic amines) is 1. The smallest absolute Gasteiger partial charge is 0.235 e. The number of fused-ring (bicyclic) bond motifs is 8. The zero-order valence-electron chi connectivity index (χ0n) is 19.3. The second-order valence-corrected chi connectivity index (χ2v) is 11.0. The average molecular weight is 448 g/mol. The molecule has 0 spiro atoms. The second kappa shape index (κ2) is 8.31. The fourth-order valence-corrected chi connectivity index (χ4v) is 7.17. The highest BCUT2D eigenvalue weighted by molar-refractivity contribution is 6.06. The van der Waals surface area contributed by atoms with Gasteiger partial charge in [-0.15, -0.1) is 0 Å². The fraction of sp³-hybridized carbons (Fsp3) is 0.917. The summed E-state index contributed by atoms with van der Waals surface area (Å²) in [5.41, 5.74) is 0. The first-order valence-corrected chi connectivity index (χ1v) is 12.8. The van der Waals surface area contributed by atoms with Crippen LogP contribution in [0, 0.1) is 11.8 Å². The van der Waals surface area contributed by atoms with Crippen LogP contribution in [0.25, 0.3) is 0 Å². The van der Waals surface area contributed by atoms with E-state index in [0.717, 1.165) is 44.9 Å². The van der Waals surface area contributed by atoms with E-state index in [2.05, 4.69) is 5.32 Å². The summed E-state index contributed by atoms with van der Waals surface area (Å²) >= 11 is 0. The molecule has 2 amide bonds. The van der Waals surface area contributed by atoms with Gasteiger partial charge in [-0.05, 0) is 39.8 Å². The lowest BCUT2D eigenvalue weighted by molar-refractivity contribution is -0.287. The van der Waals surface area contributed by atoms with Crippen LogP contribution in [0.3, 0.4) is 0 Å². The number of nitrogens with one attached hydrogen (secondary N) is 1. The van der Waals surface area contributed by atoms with E-state index in [-0.39, 0.29) is 54.5 Å². The van der Waals surface area contributed by atoms with Crippen LogP contribution in [0.2, 0.25) is 0 Å². The summed E-state index contributed by atoms with van der Waals surface area (Å²) in [7, 11) is 3.92. The van der Waals surface area contributed by atoms with E-state index >= 15 is 0 Å². The van der Waals surface area contributed by atoms with Crippen molar-refractivity contribution in [2.75, 3.05) is 27.2 Å². The summed E-state index contributed by atoms with van der Waals surface area (Å²) in [6, 6.07) is 0.195. The van der Waals surface area contributed by atoms with Gasteiger partial charge in [0, 0.05) is 19.1 Å². The fourth-order valence-electron chi connectivity index (χ4n) is 7.17. The predicted octanol–water partition coefficient (Wildman–Crippen LogP) is 0.926. The van der Waals surface area contributed by atoms with Gasteiger partial charge in [0.05, 0.1) is 48.4 Å². The largest absolute Gasteiger partial charge is 0.371 e. The van der Waals surface area contributed by atoms with Crippen LogP contribution in [0.4, 0.5) is 0 Å². The van der Waals surface area contributed by atoms with Crippen LogP contribution in [-0.2, 0) is 23.8 Å². The molecular formula is C24H37N3O5. The molecule has 6 fully saturated rings. The number of carbonyl (C=O) groups is 2. The highest BCUT2D eigenvalue weighted by Gasteiger charge is 2.66. The first-order valence-electron chi connectivity index (χ1n) is 12.8. The van der Waals surface area contributed by atoms with Crippen molar-refractivity contribution in [2.45, 2.75) is 100 Å². The Morgan fingerprint density at radius 2 is 1.38 bits per heavy atom. The minimum atomic E-state index is -0.499. The maximum atomic E-state index is 13.6. The minimum absolute atomic E-state index is 0.0351. The molecule has 32 heavy (non-hydrogen) atoms. The zero-order chi connectivity index (χ0) is 22.0. The molecule has 3 aliphatic heterocycles. The normalized spacial score (nSPS) is 48.0. The topological polar surface area (TPSA) is 80.3 Å². The van der Waals surface area contributed by atoms with E-state index in [1.165, 1.54) is 11.3 Å². The van der Waals surface area contributed by atoms with Gasteiger partial charge in [0.15, 0.2) is 0 Å². The molecule has 10 atom stereocenters. The lowest BCUT2D eigenvalue weighted by atomic mass is 9.69. The Kier molecular flexibility index (Phi) is 5.57. The molecule has 8 heteroatoms. The molecule has 0 aromatic carbocycles. The van der Waals surface area contributed by atoms with Gasteiger partial charge < -0.3 is 24.4 Å². The van der Waals surface area contributed by atoms with Gasteiger partial charge in [0.2, 0.25) is 11.8 Å². The van der Waals surface area contributed by atoms with E-state index in [4.69, 9.17) is 14.2 Å². The van der Waals surface area contributed by atoms with Crippen molar-refractivity contribution in [3.8, 4) is 0 Å². The Morgan fingerprint density at radius 3 is 2.06 bits per heavy atom. The lowest BCUT2D eigenvalue weighted by Crippen LogP contribution is -2.74. The van der Waals surface area contributed by atoms with Crippen LogP contribution in [-0.4, -0.2) is 97.5 Å². The maximum absolute atomic E-state index is 13.6. The number of imide groups is 1. The SMILES string of the molecule is CN(C)CCN1C(=O)C2C3OC4CCCCC4NC3C3OC4CCCCC4OC3C2C1=O. The van der Waals surface area contributed by atoms with Gasteiger partial charge in [-0.1, -0.05) is 25.7 Å². The number of ether oxygens (including phenoxy) is 3. The van der Waals surface area contributed by atoms with Gasteiger partial charge >= 0.3 is 0 Å². The van der Waals surface area contributed by atoms with Crippen molar-refractivity contribution < 1.29 is 23.8 Å². The number of hydrogen-bond donors (Lipinski definition) is 1. The Morgan fingerprint density at radius 1 is 0.812 bits per heavy atom. The van der Waals surface area contributed by atoms with Gasteiger partial charge in [0.1, 0.15) is 6.10 Å². The Hall–Kier alpha value is -1.06. The van der Waals surface area contributed by atoms with Crippen LogP contribution in [0.15, 0.2) is 0 Å². The number of amides is 2. The van der Waals surface area contributed by atoms with Crippen molar-refractivity contribution in [1.29, 1.82) is 0 Å². The molecule has 6 aliphatic rings. The van der Waals surface area contributed by atoms with E-state index in [1.807, 2.05) is 19.0 Å². The molecule has 0 bridgehead atoms. The van der Waals surface area contributed by atoms with Crippen molar-refractivity contribution in [2.24, 2.45) is 11.8 Å². The quantitative estimate of drug-likeness (QED) is 0.645. The number of likely N-dealkylation sites (N-methyl/N-ethyl adjacent to an activating group) is 1. The summed E-state index contributed by atoms with van der Waals surface area (Å²) in [6.07, 6.45) is 8.03. The van der Waals surface area contributed by atoms with E-state index in [1.54, 1.807) is 0 Å². The first kappa shape index (κ1) is 21.5. The summed E-state index contributed by atoms with van der Waals surface area (Å²) in [5.74, 6) is -1.15. The number of morpholine rings is 1. The van der Waals surface area contributed by atoms with E-state index in [9.17, 15) is 9.59 Å². The number of hydrogen-bond acceptors (Lipinski definition) is 7. The Bertz CT molecular complexity index is 706. The molecule has 3 heterocycles. The molecule has 10 unspecified atom stereocenters. The first-order chi connectivity index (χ1) is 15.5. The monoisotopic (exact) mass is 447 g/mol. The van der Waals surface area contributed by atoms with Gasteiger partial charge in [-0.2, -0.15) is 0 Å². The third kappa shape index (κ3) is 3.36. The third-order valence-electron chi connectivity index (χ3n) is 8.75. The Labute approximate surface area is 190 Å². The summed E-state index contributed by atoms with van der Waals surface area (Å²) in [5, 5.41) is 3.84. The molecule has 8 nitrogen and oxygen atoms in total. The predicted molar refractivity (Wildman–Crippen MR) is 116 cm³/mol. The van der Waals surface area contributed by atoms with Crippen LogP contribution in [0.1, 0.15) is 51.4 Å². The van der Waals surface area contributed by atoms with Gasteiger partial charge in [0.25, 0.3) is 0 Å². The van der Waals surface area contributed by atoms with Gasteiger partial charge in [-0.3, -0.25) is 14.5 Å². The van der Waals surface area contributed by atoms with Crippen molar-refractivity contribution in [1.82, 2.24) is 15.1 Å². The van der Waals surface area contributed by atoms with E-state index < -0.39 is 11.8 Å². The number of rotatable bonds is 3. The summed E-state index contributed by atoms with van der Waals surface area (Å²) in [6.45, 7) is 1.07. The maximum Gasteiger partial charge on any atom is 0.235 e. The average Bonchev–Trinajstić information content (AvgIpc) is 3.05. The van der Waals surface area contributed by atoms with Crippen molar-refractivity contribution >= 4 is 11.8 Å².